The lowest BCUT2D eigenvalue weighted by atomic mass is 10.6. The van der Waals surface area contributed by atoms with Gasteiger partial charge < -0.3 is 0 Å². The van der Waals surface area contributed by atoms with Gasteiger partial charge in [-0.15, -0.1) is 13.2 Å². The van der Waals surface area contributed by atoms with Crippen molar-refractivity contribution < 1.29 is 13.2 Å². The van der Waals surface area contributed by atoms with E-state index in [-0.39, 0.29) is 0 Å². The third-order valence-electron chi connectivity index (χ3n) is 0.644. The van der Waals surface area contributed by atoms with Gasteiger partial charge in [0, 0.05) is 0 Å². The van der Waals surface area contributed by atoms with Gasteiger partial charge in [-0.1, -0.05) is 0 Å². The Hall–Kier alpha value is -0.410. The summed E-state index contributed by atoms with van der Waals surface area (Å²) in [5, 5.41) is 8.70. The molecule has 0 saturated carbocycles. The van der Waals surface area contributed by atoms with Crippen LogP contribution in [-0.2, 0) is 6.18 Å². The van der Waals surface area contributed by atoms with Crippen LogP contribution < -0.4 is 0 Å². The highest BCUT2D eigenvalue weighted by molar-refractivity contribution is 14.1. The topological polar surface area (TPSA) is 43.6 Å². The fourth-order valence-corrected chi connectivity index (χ4v) is 0.612. The van der Waals surface area contributed by atoms with Crippen LogP contribution in [0.1, 0.15) is 5.82 Å². The van der Waals surface area contributed by atoms with E-state index in [9.17, 15) is 13.2 Å². The predicted molar refractivity (Wildman–Crippen MR) is 32.2 cm³/mol. The Labute approximate surface area is 66.9 Å². The van der Waals surface area contributed by atoms with Crippen LogP contribution in [0.5, 0.6) is 0 Å². The number of tetrazole rings is 1. The van der Waals surface area contributed by atoms with Crippen molar-refractivity contribution in [1.29, 1.82) is 0 Å². The van der Waals surface area contributed by atoms with E-state index in [0.29, 0.717) is 0 Å². The molecule has 0 aliphatic heterocycles. The SMILES string of the molecule is FC(F)(F)c1nnn(I)n1. The molecule has 0 radical (unpaired) electrons. The Morgan fingerprint density at radius 1 is 1.40 bits per heavy atom. The molecular formula is C2F3IN4. The molecule has 1 rings (SSSR count). The fraction of sp³-hybridized carbons (Fsp3) is 0.500. The smallest absolute Gasteiger partial charge is 0.163 e. The Morgan fingerprint density at radius 3 is 2.20 bits per heavy atom. The molecule has 0 spiro atoms. The van der Waals surface area contributed by atoms with Gasteiger partial charge in [-0.05, 0) is 5.21 Å². The van der Waals surface area contributed by atoms with E-state index in [1.165, 1.54) is 22.9 Å². The zero-order chi connectivity index (χ0) is 7.78. The van der Waals surface area contributed by atoms with Crippen LogP contribution in [0.2, 0.25) is 0 Å². The number of nitrogens with zero attached hydrogens (tertiary/aromatic N) is 4. The maximum atomic E-state index is 11.6. The lowest BCUT2D eigenvalue weighted by Crippen LogP contribution is -2.07. The maximum absolute atomic E-state index is 11.6. The van der Waals surface area contributed by atoms with Gasteiger partial charge in [0.15, 0.2) is 0 Å². The molecule has 0 bridgehead atoms. The van der Waals surface area contributed by atoms with Gasteiger partial charge in [0.1, 0.15) is 22.9 Å². The van der Waals surface area contributed by atoms with E-state index >= 15 is 0 Å². The summed E-state index contributed by atoms with van der Waals surface area (Å²) in [5.74, 6) is -1.22. The van der Waals surface area contributed by atoms with Crippen molar-refractivity contribution in [3.63, 3.8) is 0 Å². The summed E-state index contributed by atoms with van der Waals surface area (Å²) < 4.78 is 35.6. The fourth-order valence-electron chi connectivity index (χ4n) is 0.311. The second-order valence-corrected chi connectivity index (χ2v) is 2.21. The van der Waals surface area contributed by atoms with Crippen molar-refractivity contribution in [2.24, 2.45) is 0 Å². The van der Waals surface area contributed by atoms with Gasteiger partial charge in [0.2, 0.25) is 0 Å². The molecular weight excluding hydrogens is 264 g/mol. The summed E-state index contributed by atoms with van der Waals surface area (Å²) >= 11 is 1.47. The summed E-state index contributed by atoms with van der Waals surface area (Å²) in [4.78, 5) is 0. The van der Waals surface area contributed by atoms with Crippen molar-refractivity contribution in [3.05, 3.63) is 5.82 Å². The lowest BCUT2D eigenvalue weighted by molar-refractivity contribution is -0.144. The molecule has 0 unspecified atom stereocenters. The molecule has 4 nitrogen and oxygen atoms in total. The van der Waals surface area contributed by atoms with Crippen molar-refractivity contribution in [1.82, 2.24) is 18.4 Å². The average molecular weight is 264 g/mol. The van der Waals surface area contributed by atoms with Crippen LogP contribution in [0.3, 0.4) is 0 Å². The number of hydrogen-bond acceptors (Lipinski definition) is 3. The largest absolute Gasteiger partial charge is 0.455 e. The van der Waals surface area contributed by atoms with Gasteiger partial charge in [0.25, 0.3) is 5.82 Å². The molecule has 1 aromatic heterocycles. The van der Waals surface area contributed by atoms with Crippen LogP contribution >= 0.6 is 22.9 Å². The molecule has 0 aliphatic carbocycles. The second-order valence-electron chi connectivity index (χ2n) is 1.35. The Kier molecular flexibility index (Phi) is 1.79. The molecule has 56 valence electrons. The van der Waals surface area contributed by atoms with Crippen molar-refractivity contribution >= 4 is 22.9 Å². The standard InChI is InChI=1S/C2F3IN4/c3-2(4,5)1-7-9-10(6)8-1. The van der Waals surface area contributed by atoms with E-state index in [4.69, 9.17) is 0 Å². The highest BCUT2D eigenvalue weighted by Gasteiger charge is 2.36. The van der Waals surface area contributed by atoms with Gasteiger partial charge in [0.05, 0.1) is 0 Å². The number of aromatic nitrogens is 4. The highest BCUT2D eigenvalue weighted by atomic mass is 127. The molecule has 0 N–H and O–H groups in total. The average Bonchev–Trinajstić information content (AvgIpc) is 2.11. The van der Waals surface area contributed by atoms with Gasteiger partial charge in [-0.3, -0.25) is 0 Å². The van der Waals surface area contributed by atoms with Crippen molar-refractivity contribution in [2.75, 3.05) is 0 Å². The Balaban J connectivity index is 2.96. The first-order chi connectivity index (χ1) is 4.50. The first kappa shape index (κ1) is 7.69. The highest BCUT2D eigenvalue weighted by Crippen LogP contribution is 2.24. The molecule has 0 aliphatic rings. The minimum atomic E-state index is -4.50. The molecule has 10 heavy (non-hydrogen) atoms. The summed E-state index contributed by atoms with van der Waals surface area (Å²) in [6.07, 6.45) is -4.50. The molecule has 0 saturated heterocycles. The predicted octanol–water partition coefficient (Wildman–Crippen LogP) is 0.890. The van der Waals surface area contributed by atoms with E-state index < -0.39 is 12.0 Å². The first-order valence-electron chi connectivity index (χ1n) is 2.03. The monoisotopic (exact) mass is 264 g/mol. The van der Waals surface area contributed by atoms with E-state index in [0.717, 1.165) is 3.01 Å². The van der Waals surface area contributed by atoms with E-state index in [2.05, 4.69) is 15.4 Å². The number of hydrogen-bond donors (Lipinski definition) is 0. The summed E-state index contributed by atoms with van der Waals surface area (Å²) in [7, 11) is 0. The van der Waals surface area contributed by atoms with Crippen LogP contribution in [0.15, 0.2) is 0 Å². The van der Waals surface area contributed by atoms with Gasteiger partial charge in [-0.25, -0.2) is 0 Å². The summed E-state index contributed by atoms with van der Waals surface area (Å²) in [6, 6.07) is 0. The molecule has 0 fully saturated rings. The van der Waals surface area contributed by atoms with Crippen LogP contribution in [-0.4, -0.2) is 18.4 Å². The third kappa shape index (κ3) is 1.55. The third-order valence-corrected chi connectivity index (χ3v) is 1.05. The zero-order valence-electron chi connectivity index (χ0n) is 4.30. The zero-order valence-corrected chi connectivity index (χ0v) is 6.46. The van der Waals surface area contributed by atoms with Crippen molar-refractivity contribution in [2.45, 2.75) is 6.18 Å². The van der Waals surface area contributed by atoms with Crippen LogP contribution in [0, 0.1) is 0 Å². The maximum Gasteiger partial charge on any atom is 0.455 e. The molecule has 0 aromatic carbocycles. The van der Waals surface area contributed by atoms with Crippen LogP contribution in [0.4, 0.5) is 13.2 Å². The second kappa shape index (κ2) is 2.32. The van der Waals surface area contributed by atoms with Gasteiger partial charge in [-0.2, -0.15) is 13.2 Å². The van der Waals surface area contributed by atoms with E-state index in [1.54, 1.807) is 0 Å². The number of alkyl halides is 3. The Bertz CT molecular complexity index is 229. The molecule has 8 heteroatoms. The minimum Gasteiger partial charge on any atom is -0.163 e. The van der Waals surface area contributed by atoms with Crippen molar-refractivity contribution in [3.8, 4) is 0 Å². The molecule has 1 aromatic rings. The molecule has 0 amide bonds. The molecule has 1 heterocycles. The minimum absolute atomic E-state index is 0.723. The van der Waals surface area contributed by atoms with Gasteiger partial charge >= 0.3 is 6.18 Å². The normalized spacial score (nSPS) is 12.0. The quantitative estimate of drug-likeness (QED) is 0.653. The summed E-state index contributed by atoms with van der Waals surface area (Å²) in [5.41, 5.74) is 0. The molecule has 0 atom stereocenters. The lowest BCUT2D eigenvalue weighted by Gasteiger charge is -1.95. The van der Waals surface area contributed by atoms with E-state index in [1.807, 2.05) is 0 Å². The number of rotatable bonds is 0. The Morgan fingerprint density at radius 2 is 2.00 bits per heavy atom. The number of halogens is 4. The van der Waals surface area contributed by atoms with Crippen LogP contribution in [0.25, 0.3) is 0 Å². The first-order valence-corrected chi connectivity index (χ1v) is 3.00. The summed E-state index contributed by atoms with van der Waals surface area (Å²) in [6.45, 7) is 0.